The summed E-state index contributed by atoms with van der Waals surface area (Å²) in [6, 6.07) is 7.25. The molecular weight excluding hydrogens is 556 g/mol. The molecule has 1 aromatic carbocycles. The summed E-state index contributed by atoms with van der Waals surface area (Å²) in [6.07, 6.45) is -12.6. The maximum absolute atomic E-state index is 12.2. The number of benzene rings is 1. The summed E-state index contributed by atoms with van der Waals surface area (Å²) in [4.78, 5) is 12.2. The van der Waals surface area contributed by atoms with E-state index in [4.69, 9.17) is 28.4 Å². The van der Waals surface area contributed by atoms with Gasteiger partial charge in [-0.3, -0.25) is 0 Å². The number of aliphatic hydroxyl groups excluding tert-OH is 5. The Labute approximate surface area is 243 Å². The molecule has 2 saturated heterocycles. The van der Waals surface area contributed by atoms with Crippen molar-refractivity contribution in [1.29, 1.82) is 0 Å². The zero-order chi connectivity index (χ0) is 30.1. The molecule has 13 heteroatoms. The average Bonchev–Trinajstić information content (AvgIpc) is 3.05. The summed E-state index contributed by atoms with van der Waals surface area (Å²) >= 11 is 0. The van der Waals surface area contributed by atoms with Crippen LogP contribution < -0.4 is 0 Å². The SMILES string of the molecule is CC1O[C@@H](OC2[C@H](C)CCC[C@H]2O[C@@H]2OC(CO)[C@H](O)C3O[C@@H](C(=O)O)Cc4ccccc4COC32)[C@@H](O)C(O)[C@@H]1O. The zero-order valence-electron chi connectivity index (χ0n) is 23.7. The van der Waals surface area contributed by atoms with Crippen molar-refractivity contribution in [3.8, 4) is 0 Å². The first-order valence-electron chi connectivity index (χ1n) is 14.6. The lowest BCUT2D eigenvalue weighted by Crippen LogP contribution is -2.63. The molecule has 3 fully saturated rings. The summed E-state index contributed by atoms with van der Waals surface area (Å²) in [5, 5.41) is 62.0. The number of ether oxygens (including phenoxy) is 6. The number of fused-ring (bicyclic) bond motifs is 2. The minimum Gasteiger partial charge on any atom is -0.479 e. The van der Waals surface area contributed by atoms with E-state index in [9.17, 15) is 35.4 Å². The van der Waals surface area contributed by atoms with Crippen molar-refractivity contribution in [1.82, 2.24) is 0 Å². The van der Waals surface area contributed by atoms with Crippen molar-refractivity contribution in [2.24, 2.45) is 5.92 Å². The summed E-state index contributed by atoms with van der Waals surface area (Å²) in [6.45, 7) is 3.03. The maximum Gasteiger partial charge on any atom is 0.333 e. The van der Waals surface area contributed by atoms with Crippen LogP contribution in [0, 0.1) is 5.92 Å². The van der Waals surface area contributed by atoms with Gasteiger partial charge in [-0.05, 0) is 36.8 Å². The van der Waals surface area contributed by atoms with E-state index in [0.29, 0.717) is 6.42 Å². The van der Waals surface area contributed by atoms with Crippen molar-refractivity contribution in [3.05, 3.63) is 35.4 Å². The Hall–Kier alpha value is -1.75. The number of carboxylic acid groups (broad SMARTS) is 1. The predicted molar refractivity (Wildman–Crippen MR) is 142 cm³/mol. The normalized spacial score (nSPS) is 44.6. The van der Waals surface area contributed by atoms with E-state index in [1.165, 1.54) is 0 Å². The summed E-state index contributed by atoms with van der Waals surface area (Å²) in [7, 11) is 0. The number of aliphatic hydroxyl groups is 5. The molecule has 0 aromatic heterocycles. The van der Waals surface area contributed by atoms with Crippen LogP contribution in [-0.2, 0) is 46.2 Å². The summed E-state index contributed by atoms with van der Waals surface area (Å²) < 4.78 is 36.6. The van der Waals surface area contributed by atoms with Crippen LogP contribution in [0.5, 0.6) is 0 Å². The topological polar surface area (TPSA) is 194 Å². The molecule has 0 spiro atoms. The van der Waals surface area contributed by atoms with E-state index in [1.54, 1.807) is 19.1 Å². The molecule has 1 aromatic rings. The largest absolute Gasteiger partial charge is 0.479 e. The predicted octanol–water partition coefficient (Wildman–Crippen LogP) is -0.538. The molecule has 14 atom stereocenters. The van der Waals surface area contributed by atoms with Gasteiger partial charge in [-0.1, -0.05) is 37.6 Å². The van der Waals surface area contributed by atoms with Gasteiger partial charge >= 0.3 is 5.97 Å². The monoisotopic (exact) mass is 598 g/mol. The zero-order valence-corrected chi connectivity index (χ0v) is 23.7. The van der Waals surface area contributed by atoms with Crippen LogP contribution in [0.3, 0.4) is 0 Å². The third-order valence-electron chi connectivity index (χ3n) is 8.83. The van der Waals surface area contributed by atoms with Crippen molar-refractivity contribution < 1.29 is 63.9 Å². The molecular formula is C29H42O13. The van der Waals surface area contributed by atoms with E-state index in [0.717, 1.165) is 24.0 Å². The van der Waals surface area contributed by atoms with Gasteiger partial charge in [0.2, 0.25) is 0 Å². The van der Waals surface area contributed by atoms with Gasteiger partial charge in [0, 0.05) is 6.42 Å². The molecule has 236 valence electrons. The lowest BCUT2D eigenvalue weighted by atomic mass is 9.85. The molecule has 42 heavy (non-hydrogen) atoms. The van der Waals surface area contributed by atoms with Crippen LogP contribution in [0.25, 0.3) is 0 Å². The number of carbonyl (C=O) groups is 1. The smallest absolute Gasteiger partial charge is 0.333 e. The van der Waals surface area contributed by atoms with Crippen molar-refractivity contribution in [2.45, 2.75) is 126 Å². The van der Waals surface area contributed by atoms with Crippen molar-refractivity contribution in [3.63, 3.8) is 0 Å². The van der Waals surface area contributed by atoms with Gasteiger partial charge in [0.25, 0.3) is 0 Å². The molecule has 0 bridgehead atoms. The Morgan fingerprint density at radius 3 is 2.33 bits per heavy atom. The lowest BCUT2D eigenvalue weighted by Gasteiger charge is -2.47. The molecule has 13 nitrogen and oxygen atoms in total. The van der Waals surface area contributed by atoms with Gasteiger partial charge < -0.3 is 59.1 Å². The molecule has 3 heterocycles. The standard InChI is InChI=1S/C29H42O13/c1-13-6-5-9-17(24(13)42-28-23(34)22(33)20(31)14(2)38-28)40-29-26-25(21(32)19(11-30)41-29)39-18(27(35)36)10-15-7-3-4-8-16(15)12-37-26/h3-4,7-8,13-14,17-26,28-34H,5-6,9-12H2,1-2H3,(H,35,36)/t13-,14?,17-,18-,19?,20-,21+,22?,23+,24?,25?,26?,28+,29-/m1/s1. The third kappa shape index (κ3) is 6.52. The highest BCUT2D eigenvalue weighted by Crippen LogP contribution is 2.37. The number of rotatable bonds is 6. The lowest BCUT2D eigenvalue weighted by molar-refractivity contribution is -0.353. The Kier molecular flexibility index (Phi) is 10.2. The third-order valence-corrected chi connectivity index (χ3v) is 8.83. The van der Waals surface area contributed by atoms with Gasteiger partial charge in [-0.15, -0.1) is 0 Å². The van der Waals surface area contributed by atoms with Gasteiger partial charge in [-0.2, -0.15) is 0 Å². The number of aliphatic carboxylic acids is 1. The van der Waals surface area contributed by atoms with Gasteiger partial charge in [0.15, 0.2) is 18.7 Å². The Bertz CT molecular complexity index is 1060. The Balaban J connectivity index is 1.40. The maximum atomic E-state index is 12.2. The van der Waals surface area contributed by atoms with E-state index in [-0.39, 0.29) is 18.9 Å². The van der Waals surface area contributed by atoms with Crippen LogP contribution in [0.4, 0.5) is 0 Å². The first kappa shape index (κ1) is 31.7. The van der Waals surface area contributed by atoms with Crippen LogP contribution in [-0.4, -0.2) is 123 Å². The average molecular weight is 599 g/mol. The summed E-state index contributed by atoms with van der Waals surface area (Å²) in [5.74, 6) is -1.26. The van der Waals surface area contributed by atoms with Crippen molar-refractivity contribution >= 4 is 5.97 Å². The van der Waals surface area contributed by atoms with Crippen LogP contribution >= 0.6 is 0 Å². The molecule has 1 saturated carbocycles. The van der Waals surface area contributed by atoms with Gasteiger partial charge in [-0.25, -0.2) is 4.79 Å². The van der Waals surface area contributed by atoms with E-state index >= 15 is 0 Å². The fourth-order valence-electron chi connectivity index (χ4n) is 6.31. The minimum atomic E-state index is -1.49. The number of hydrogen-bond acceptors (Lipinski definition) is 12. The Morgan fingerprint density at radius 1 is 0.881 bits per heavy atom. The molecule has 0 radical (unpaired) electrons. The molecule has 4 aliphatic rings. The van der Waals surface area contributed by atoms with E-state index < -0.39 is 92.3 Å². The van der Waals surface area contributed by atoms with E-state index in [2.05, 4.69) is 0 Å². The van der Waals surface area contributed by atoms with Gasteiger partial charge in [0.05, 0.1) is 31.5 Å². The first-order chi connectivity index (χ1) is 20.1. The van der Waals surface area contributed by atoms with Gasteiger partial charge in [0.1, 0.15) is 42.7 Å². The van der Waals surface area contributed by atoms with Crippen molar-refractivity contribution in [2.75, 3.05) is 6.61 Å². The van der Waals surface area contributed by atoms with Crippen LogP contribution in [0.15, 0.2) is 24.3 Å². The fraction of sp³-hybridized carbons (Fsp3) is 0.759. The highest BCUT2D eigenvalue weighted by molar-refractivity contribution is 5.73. The molecule has 5 rings (SSSR count). The number of carboxylic acids is 1. The Morgan fingerprint density at radius 2 is 1.62 bits per heavy atom. The molecule has 3 aliphatic heterocycles. The quantitative estimate of drug-likeness (QED) is 0.245. The minimum absolute atomic E-state index is 0.0553. The molecule has 1 aliphatic carbocycles. The van der Waals surface area contributed by atoms with Crippen LogP contribution in [0.2, 0.25) is 0 Å². The van der Waals surface area contributed by atoms with E-state index in [1.807, 2.05) is 19.1 Å². The second kappa shape index (κ2) is 13.5. The first-order valence-corrected chi connectivity index (χ1v) is 14.6. The second-order valence-corrected chi connectivity index (χ2v) is 11.8. The van der Waals surface area contributed by atoms with Crippen LogP contribution in [0.1, 0.15) is 44.2 Å². The highest BCUT2D eigenvalue weighted by atomic mass is 16.7. The highest BCUT2D eigenvalue weighted by Gasteiger charge is 2.52. The molecule has 6 N–H and O–H groups in total. The molecule has 0 amide bonds. The second-order valence-electron chi connectivity index (χ2n) is 11.8. The molecule has 6 unspecified atom stereocenters. The summed E-state index contributed by atoms with van der Waals surface area (Å²) in [5.41, 5.74) is 1.49. The number of hydrogen-bond donors (Lipinski definition) is 6. The fourth-order valence-corrected chi connectivity index (χ4v) is 6.31.